The van der Waals surface area contributed by atoms with Gasteiger partial charge in [0.1, 0.15) is 17.2 Å². The Balaban J connectivity index is 1.59. The number of thiophene rings is 1. The van der Waals surface area contributed by atoms with Crippen LogP contribution in [0.15, 0.2) is 24.5 Å². The summed E-state index contributed by atoms with van der Waals surface area (Å²) >= 11 is 1.85. The SMILES string of the molecule is OCC[NH+]1CCN(c2nc(-c3cccnc3)nc3sc4c(c23)CCC4)CC1. The average Bonchev–Trinajstić information content (AvgIpc) is 3.30. The fourth-order valence-electron chi connectivity index (χ4n) is 4.27. The lowest BCUT2D eigenvalue weighted by Crippen LogP contribution is -3.15. The predicted molar refractivity (Wildman–Crippen MR) is 108 cm³/mol. The summed E-state index contributed by atoms with van der Waals surface area (Å²) in [6, 6.07) is 3.97. The lowest BCUT2D eigenvalue weighted by atomic mass is 10.1. The van der Waals surface area contributed by atoms with E-state index in [0.717, 1.165) is 61.2 Å². The van der Waals surface area contributed by atoms with Crippen molar-refractivity contribution in [3.63, 3.8) is 0 Å². The van der Waals surface area contributed by atoms with E-state index in [0.29, 0.717) is 0 Å². The minimum Gasteiger partial charge on any atom is -0.391 e. The van der Waals surface area contributed by atoms with Crippen LogP contribution in [0.4, 0.5) is 5.82 Å². The van der Waals surface area contributed by atoms with Crippen LogP contribution >= 0.6 is 11.3 Å². The number of nitrogens with zero attached hydrogens (tertiary/aromatic N) is 4. The van der Waals surface area contributed by atoms with Gasteiger partial charge in [-0.05, 0) is 37.0 Å². The second-order valence-electron chi connectivity index (χ2n) is 7.36. The number of aryl methyl sites for hydroxylation is 2. The molecule has 7 heteroatoms. The van der Waals surface area contributed by atoms with Crippen molar-refractivity contribution in [2.24, 2.45) is 0 Å². The van der Waals surface area contributed by atoms with Crippen LogP contribution in [0, 0.1) is 0 Å². The number of anilines is 1. The van der Waals surface area contributed by atoms with E-state index in [1.54, 1.807) is 6.20 Å². The first-order valence-electron chi connectivity index (χ1n) is 9.75. The molecule has 6 nitrogen and oxygen atoms in total. The van der Waals surface area contributed by atoms with Gasteiger partial charge in [-0.15, -0.1) is 11.3 Å². The van der Waals surface area contributed by atoms with Gasteiger partial charge in [-0.1, -0.05) is 0 Å². The van der Waals surface area contributed by atoms with Gasteiger partial charge in [-0.2, -0.15) is 0 Å². The molecular formula is C20H24N5OS+. The molecular weight excluding hydrogens is 358 g/mol. The zero-order valence-electron chi connectivity index (χ0n) is 15.3. The van der Waals surface area contributed by atoms with Crippen molar-refractivity contribution in [2.75, 3.05) is 44.2 Å². The fourth-order valence-corrected chi connectivity index (χ4v) is 5.53. The number of piperazine rings is 1. The zero-order chi connectivity index (χ0) is 18.2. The van der Waals surface area contributed by atoms with Gasteiger partial charge in [-0.3, -0.25) is 4.98 Å². The Bertz CT molecular complexity index is 950. The first-order valence-corrected chi connectivity index (χ1v) is 10.6. The van der Waals surface area contributed by atoms with Gasteiger partial charge < -0.3 is 14.9 Å². The summed E-state index contributed by atoms with van der Waals surface area (Å²) in [7, 11) is 0. The van der Waals surface area contributed by atoms with Gasteiger partial charge in [0.15, 0.2) is 5.82 Å². The van der Waals surface area contributed by atoms with E-state index in [2.05, 4.69) is 9.88 Å². The van der Waals surface area contributed by atoms with Crippen LogP contribution in [0.5, 0.6) is 0 Å². The van der Waals surface area contributed by atoms with E-state index in [-0.39, 0.29) is 6.61 Å². The molecule has 0 spiro atoms. The first-order chi connectivity index (χ1) is 13.3. The molecule has 0 amide bonds. The first kappa shape index (κ1) is 17.0. The summed E-state index contributed by atoms with van der Waals surface area (Å²) in [5, 5.41) is 10.5. The summed E-state index contributed by atoms with van der Waals surface area (Å²) in [5.41, 5.74) is 2.45. The summed E-state index contributed by atoms with van der Waals surface area (Å²) in [4.78, 5) is 20.7. The van der Waals surface area contributed by atoms with Crippen LogP contribution in [-0.4, -0.2) is 59.4 Å². The van der Waals surface area contributed by atoms with Crippen LogP contribution < -0.4 is 9.80 Å². The molecule has 1 saturated heterocycles. The molecule has 0 aromatic carbocycles. The molecule has 4 heterocycles. The lowest BCUT2D eigenvalue weighted by molar-refractivity contribution is -0.900. The Morgan fingerprint density at radius 2 is 2.07 bits per heavy atom. The highest BCUT2D eigenvalue weighted by Gasteiger charge is 2.28. The fraction of sp³-hybridized carbons (Fsp3) is 0.450. The second-order valence-corrected chi connectivity index (χ2v) is 8.44. The molecule has 140 valence electrons. The smallest absolute Gasteiger partial charge is 0.164 e. The van der Waals surface area contributed by atoms with Crippen LogP contribution in [0.3, 0.4) is 0 Å². The molecule has 2 aliphatic rings. The van der Waals surface area contributed by atoms with Crippen LogP contribution in [0.25, 0.3) is 21.6 Å². The van der Waals surface area contributed by atoms with Gasteiger partial charge in [0.05, 0.1) is 38.2 Å². The third kappa shape index (κ3) is 3.09. The highest BCUT2D eigenvalue weighted by Crippen LogP contribution is 2.41. The quantitative estimate of drug-likeness (QED) is 0.703. The highest BCUT2D eigenvalue weighted by atomic mass is 32.1. The van der Waals surface area contributed by atoms with E-state index < -0.39 is 0 Å². The lowest BCUT2D eigenvalue weighted by Gasteiger charge is -2.33. The maximum absolute atomic E-state index is 9.22. The predicted octanol–water partition coefficient (Wildman–Crippen LogP) is 0.939. The maximum Gasteiger partial charge on any atom is 0.164 e. The number of aromatic nitrogens is 3. The van der Waals surface area contributed by atoms with Crippen molar-refractivity contribution >= 4 is 27.4 Å². The standard InChI is InChI=1S/C20H23N5OS/c26-12-11-24-7-9-25(10-8-24)19-17-15-4-1-5-16(15)27-20(17)23-18(22-19)14-3-2-6-21-13-14/h2-3,6,13,26H,1,4-5,7-12H2/p+1. The number of hydrogen-bond acceptors (Lipinski definition) is 6. The molecule has 27 heavy (non-hydrogen) atoms. The molecule has 1 fully saturated rings. The molecule has 3 aromatic heterocycles. The number of fused-ring (bicyclic) bond motifs is 3. The van der Waals surface area contributed by atoms with Crippen LogP contribution in [0.1, 0.15) is 16.9 Å². The highest BCUT2D eigenvalue weighted by molar-refractivity contribution is 7.19. The molecule has 1 aliphatic heterocycles. The molecule has 0 atom stereocenters. The number of quaternary nitrogens is 1. The van der Waals surface area contributed by atoms with Gasteiger partial charge in [0, 0.05) is 22.8 Å². The average molecular weight is 383 g/mol. The van der Waals surface area contributed by atoms with Crippen molar-refractivity contribution in [2.45, 2.75) is 19.3 Å². The van der Waals surface area contributed by atoms with E-state index in [4.69, 9.17) is 9.97 Å². The summed E-state index contributed by atoms with van der Waals surface area (Å²) in [6.45, 7) is 5.12. The van der Waals surface area contributed by atoms with Gasteiger partial charge in [0.2, 0.25) is 0 Å². The normalized spacial score (nSPS) is 17.6. The molecule has 0 bridgehead atoms. The van der Waals surface area contributed by atoms with Crippen LogP contribution in [-0.2, 0) is 12.8 Å². The number of hydrogen-bond donors (Lipinski definition) is 2. The van der Waals surface area contributed by atoms with Crippen LogP contribution in [0.2, 0.25) is 0 Å². The Hall–Kier alpha value is -2.09. The molecule has 5 rings (SSSR count). The molecule has 2 N–H and O–H groups in total. The van der Waals surface area contributed by atoms with Crippen molar-refractivity contribution < 1.29 is 10.0 Å². The zero-order valence-corrected chi connectivity index (χ0v) is 16.1. The number of aliphatic hydroxyl groups excluding tert-OH is 1. The number of nitrogens with one attached hydrogen (secondary N) is 1. The number of rotatable bonds is 4. The Kier molecular flexibility index (Phi) is 4.51. The molecule has 0 saturated carbocycles. The van der Waals surface area contributed by atoms with Gasteiger partial charge in [-0.25, -0.2) is 9.97 Å². The van der Waals surface area contributed by atoms with E-state index >= 15 is 0 Å². The third-order valence-electron chi connectivity index (χ3n) is 5.70. The topological polar surface area (TPSA) is 66.6 Å². The molecule has 3 aromatic rings. The Morgan fingerprint density at radius 1 is 1.19 bits per heavy atom. The van der Waals surface area contributed by atoms with Gasteiger partial charge in [0.25, 0.3) is 0 Å². The largest absolute Gasteiger partial charge is 0.391 e. The van der Waals surface area contributed by atoms with Crippen molar-refractivity contribution in [1.82, 2.24) is 15.0 Å². The molecule has 1 aliphatic carbocycles. The second kappa shape index (κ2) is 7.14. The minimum absolute atomic E-state index is 0.260. The summed E-state index contributed by atoms with van der Waals surface area (Å²) in [6.07, 6.45) is 7.19. The van der Waals surface area contributed by atoms with Crippen molar-refractivity contribution in [3.8, 4) is 11.4 Å². The van der Waals surface area contributed by atoms with Gasteiger partial charge >= 0.3 is 0 Å². The summed E-state index contributed by atoms with van der Waals surface area (Å²) < 4.78 is 0. The van der Waals surface area contributed by atoms with E-state index in [9.17, 15) is 5.11 Å². The minimum atomic E-state index is 0.260. The Morgan fingerprint density at radius 3 is 2.85 bits per heavy atom. The molecule has 0 unspecified atom stereocenters. The monoisotopic (exact) mass is 382 g/mol. The number of aliphatic hydroxyl groups is 1. The van der Waals surface area contributed by atoms with Crippen molar-refractivity contribution in [1.29, 1.82) is 0 Å². The number of pyridine rings is 1. The van der Waals surface area contributed by atoms with Crippen molar-refractivity contribution in [3.05, 3.63) is 35.0 Å². The summed E-state index contributed by atoms with van der Waals surface area (Å²) in [5.74, 6) is 1.87. The van der Waals surface area contributed by atoms with E-state index in [1.807, 2.05) is 29.7 Å². The third-order valence-corrected chi connectivity index (χ3v) is 6.89. The van der Waals surface area contributed by atoms with E-state index in [1.165, 1.54) is 33.6 Å². The molecule has 0 radical (unpaired) electrons. The Labute approximate surface area is 162 Å². The maximum atomic E-state index is 9.22.